The van der Waals surface area contributed by atoms with Gasteiger partial charge in [-0.25, -0.2) is 4.79 Å². The van der Waals surface area contributed by atoms with E-state index in [4.69, 9.17) is 9.57 Å². The van der Waals surface area contributed by atoms with E-state index < -0.39 is 35.2 Å². The molecule has 0 radical (unpaired) electrons. The number of carbonyl (C=O) groups excluding carboxylic acids is 3. The van der Waals surface area contributed by atoms with Crippen LogP contribution in [-0.2, 0) is 28.8 Å². The molecule has 2 atom stereocenters. The summed E-state index contributed by atoms with van der Waals surface area (Å²) in [6.07, 6.45) is 0.926. The zero-order valence-electron chi connectivity index (χ0n) is 13.6. The number of carboxylic acid groups (broad SMARTS) is 1. The SMILES string of the molecule is CC(=O)OCC1=C(C(=O)O)N2C(=O)C(NC(=O)C=NOCCI)[C@H]2SC1. The number of amides is 2. The topological polar surface area (TPSA) is 135 Å². The molecule has 1 unspecified atom stereocenters. The second-order valence-corrected chi connectivity index (χ2v) is 7.37. The Morgan fingerprint density at radius 2 is 2.23 bits per heavy atom. The van der Waals surface area contributed by atoms with E-state index in [1.165, 1.54) is 18.7 Å². The number of hydrogen-bond donors (Lipinski definition) is 2. The average molecular weight is 497 g/mol. The highest BCUT2D eigenvalue weighted by molar-refractivity contribution is 14.1. The molecule has 2 N–H and O–H groups in total. The van der Waals surface area contributed by atoms with Crippen LogP contribution in [-0.4, -0.2) is 74.8 Å². The van der Waals surface area contributed by atoms with Gasteiger partial charge < -0.3 is 20.0 Å². The zero-order valence-corrected chi connectivity index (χ0v) is 16.6. The molecule has 0 aromatic rings. The Bertz CT molecular complexity index is 681. The molecule has 0 bridgehead atoms. The number of carbonyl (C=O) groups is 4. The summed E-state index contributed by atoms with van der Waals surface area (Å²) in [7, 11) is 0. The number of ether oxygens (including phenoxy) is 1. The van der Waals surface area contributed by atoms with Crippen LogP contribution in [0.5, 0.6) is 0 Å². The van der Waals surface area contributed by atoms with Crippen molar-refractivity contribution < 1.29 is 33.9 Å². The Balaban J connectivity index is 2.04. The lowest BCUT2D eigenvalue weighted by Gasteiger charge is -2.49. The van der Waals surface area contributed by atoms with E-state index in [0.717, 1.165) is 11.1 Å². The van der Waals surface area contributed by atoms with E-state index in [-0.39, 0.29) is 18.1 Å². The van der Waals surface area contributed by atoms with Gasteiger partial charge in [0, 0.05) is 22.7 Å². The number of hydrogen-bond acceptors (Lipinski definition) is 8. The third kappa shape index (κ3) is 4.66. The molecule has 26 heavy (non-hydrogen) atoms. The molecular weight excluding hydrogens is 481 g/mol. The van der Waals surface area contributed by atoms with Crippen molar-refractivity contribution in [2.75, 3.05) is 23.4 Å². The fourth-order valence-corrected chi connectivity index (χ4v) is 3.87. The van der Waals surface area contributed by atoms with Gasteiger partial charge in [0.05, 0.1) is 0 Å². The fraction of sp³-hybridized carbons (Fsp3) is 0.500. The molecule has 142 valence electrons. The lowest BCUT2D eigenvalue weighted by atomic mass is 10.0. The number of carboxylic acids is 1. The predicted molar refractivity (Wildman–Crippen MR) is 99.6 cm³/mol. The van der Waals surface area contributed by atoms with E-state index in [9.17, 15) is 24.3 Å². The third-order valence-electron chi connectivity index (χ3n) is 3.41. The van der Waals surface area contributed by atoms with Gasteiger partial charge in [0.1, 0.15) is 36.5 Å². The van der Waals surface area contributed by atoms with Crippen LogP contribution >= 0.6 is 34.4 Å². The van der Waals surface area contributed by atoms with Gasteiger partial charge in [-0.3, -0.25) is 19.3 Å². The van der Waals surface area contributed by atoms with Crippen LogP contribution in [0.15, 0.2) is 16.4 Å². The van der Waals surface area contributed by atoms with Crippen molar-refractivity contribution in [1.82, 2.24) is 10.2 Å². The number of β-lactam (4-membered cyclic amide) rings is 1. The molecule has 0 spiro atoms. The molecule has 12 heteroatoms. The summed E-state index contributed by atoms with van der Waals surface area (Å²) in [5.74, 6) is -2.72. The molecule has 2 aliphatic rings. The quantitative estimate of drug-likeness (QED) is 0.0891. The Morgan fingerprint density at radius 1 is 1.50 bits per heavy atom. The number of oxime groups is 1. The number of nitrogens with zero attached hydrogens (tertiary/aromatic N) is 2. The molecule has 1 fully saturated rings. The second-order valence-electron chi connectivity index (χ2n) is 5.19. The highest BCUT2D eigenvalue weighted by Crippen LogP contribution is 2.40. The molecular formula is C14H16IN3O7S. The normalized spacial score (nSPS) is 21.9. The fourth-order valence-electron chi connectivity index (χ4n) is 2.35. The summed E-state index contributed by atoms with van der Waals surface area (Å²) in [5.41, 5.74) is 0.130. The second kappa shape index (κ2) is 9.21. The van der Waals surface area contributed by atoms with Gasteiger partial charge in [0.25, 0.3) is 11.8 Å². The summed E-state index contributed by atoms with van der Waals surface area (Å²) in [5, 5.41) is 14.8. The summed E-state index contributed by atoms with van der Waals surface area (Å²) < 4.78 is 5.56. The largest absolute Gasteiger partial charge is 0.477 e. The molecule has 1 saturated heterocycles. The highest BCUT2D eigenvalue weighted by Gasteiger charge is 2.54. The highest BCUT2D eigenvalue weighted by atomic mass is 127. The molecule has 0 aliphatic carbocycles. The van der Waals surface area contributed by atoms with Crippen molar-refractivity contribution in [3.63, 3.8) is 0 Å². The van der Waals surface area contributed by atoms with Crippen molar-refractivity contribution >= 4 is 64.3 Å². The first-order chi connectivity index (χ1) is 12.4. The van der Waals surface area contributed by atoms with E-state index in [1.54, 1.807) is 0 Å². The van der Waals surface area contributed by atoms with Gasteiger partial charge in [0.2, 0.25) is 0 Å². The first-order valence-electron chi connectivity index (χ1n) is 7.42. The number of fused-ring (bicyclic) bond motifs is 1. The Kier molecular flexibility index (Phi) is 7.25. The Hall–Kier alpha value is -1.83. The first kappa shape index (κ1) is 20.5. The lowest BCUT2D eigenvalue weighted by molar-refractivity contribution is -0.150. The van der Waals surface area contributed by atoms with E-state index in [2.05, 4.69) is 33.1 Å². The Morgan fingerprint density at radius 3 is 2.85 bits per heavy atom. The van der Waals surface area contributed by atoms with Gasteiger partial charge in [-0.2, -0.15) is 0 Å². The van der Waals surface area contributed by atoms with Crippen molar-refractivity contribution in [2.24, 2.45) is 5.16 Å². The van der Waals surface area contributed by atoms with Gasteiger partial charge >= 0.3 is 11.9 Å². The van der Waals surface area contributed by atoms with Crippen LogP contribution in [0.1, 0.15) is 6.92 Å². The Labute approximate surface area is 166 Å². The molecule has 2 aliphatic heterocycles. The number of alkyl halides is 1. The number of thioether (sulfide) groups is 1. The molecule has 0 aromatic carbocycles. The van der Waals surface area contributed by atoms with Crippen LogP contribution in [0.2, 0.25) is 0 Å². The smallest absolute Gasteiger partial charge is 0.352 e. The van der Waals surface area contributed by atoms with Gasteiger partial charge in [0.15, 0.2) is 0 Å². The van der Waals surface area contributed by atoms with Crippen molar-refractivity contribution in [3.05, 3.63) is 11.3 Å². The molecule has 2 heterocycles. The maximum Gasteiger partial charge on any atom is 0.352 e. The van der Waals surface area contributed by atoms with E-state index in [1.807, 2.05) is 0 Å². The number of aliphatic carboxylic acids is 1. The van der Waals surface area contributed by atoms with Crippen LogP contribution in [0.3, 0.4) is 0 Å². The number of rotatable bonds is 8. The standard InChI is InChI=1S/C14H16IN3O7S/c1-7(19)24-5-8-6-26-13-10(12(21)18(13)11(8)14(22)23)17-9(20)4-16-25-3-2-15/h4,10,13H,2-3,5-6H2,1H3,(H,17,20)(H,22,23)/t10?,13-/m1/s1. The van der Waals surface area contributed by atoms with Crippen LogP contribution in [0.4, 0.5) is 0 Å². The van der Waals surface area contributed by atoms with Crippen molar-refractivity contribution in [2.45, 2.75) is 18.3 Å². The monoisotopic (exact) mass is 497 g/mol. The molecule has 0 aromatic heterocycles. The molecule has 2 amide bonds. The summed E-state index contributed by atoms with van der Waals surface area (Å²) in [6.45, 7) is 1.38. The van der Waals surface area contributed by atoms with Gasteiger partial charge in [-0.15, -0.1) is 11.8 Å². The van der Waals surface area contributed by atoms with Crippen LogP contribution in [0.25, 0.3) is 0 Å². The summed E-state index contributed by atoms with van der Waals surface area (Å²) >= 11 is 3.37. The average Bonchev–Trinajstić information content (AvgIpc) is 2.60. The number of halogens is 1. The summed E-state index contributed by atoms with van der Waals surface area (Å²) in [6, 6.07) is -0.854. The zero-order chi connectivity index (χ0) is 19.3. The van der Waals surface area contributed by atoms with E-state index >= 15 is 0 Å². The van der Waals surface area contributed by atoms with E-state index in [0.29, 0.717) is 16.6 Å². The number of esters is 1. The molecule has 10 nitrogen and oxygen atoms in total. The van der Waals surface area contributed by atoms with Crippen LogP contribution in [0, 0.1) is 0 Å². The summed E-state index contributed by atoms with van der Waals surface area (Å²) in [4.78, 5) is 52.5. The minimum atomic E-state index is -1.29. The van der Waals surface area contributed by atoms with Crippen LogP contribution < -0.4 is 5.32 Å². The van der Waals surface area contributed by atoms with Crippen molar-refractivity contribution in [3.8, 4) is 0 Å². The lowest BCUT2D eigenvalue weighted by Crippen LogP contribution is -2.70. The van der Waals surface area contributed by atoms with Gasteiger partial charge in [-0.05, 0) is 0 Å². The minimum absolute atomic E-state index is 0.196. The van der Waals surface area contributed by atoms with Gasteiger partial charge in [-0.1, -0.05) is 27.7 Å². The molecule has 0 saturated carbocycles. The predicted octanol–water partition coefficient (Wildman–Crippen LogP) is -0.274. The maximum absolute atomic E-state index is 12.3. The number of nitrogens with one attached hydrogen (secondary N) is 1. The van der Waals surface area contributed by atoms with Crippen molar-refractivity contribution in [1.29, 1.82) is 0 Å². The minimum Gasteiger partial charge on any atom is -0.477 e. The third-order valence-corrected chi connectivity index (χ3v) is 5.19. The first-order valence-corrected chi connectivity index (χ1v) is 9.99. The molecule has 2 rings (SSSR count). The maximum atomic E-state index is 12.3.